The van der Waals surface area contributed by atoms with Crippen LogP contribution in [-0.2, 0) is 25.5 Å². The summed E-state index contributed by atoms with van der Waals surface area (Å²) in [6, 6.07) is 4.80. The van der Waals surface area contributed by atoms with Gasteiger partial charge in [0.05, 0.1) is 0 Å². The van der Waals surface area contributed by atoms with E-state index in [1.54, 1.807) is 27.0 Å². The molecule has 2 rings (SSSR count). The quantitative estimate of drug-likeness (QED) is 0.405. The molecule has 168 valence electrons. The number of H-pyrrole nitrogens is 1. The van der Waals surface area contributed by atoms with Gasteiger partial charge in [-0.1, -0.05) is 18.2 Å². The highest BCUT2D eigenvalue weighted by Crippen LogP contribution is 2.19. The highest BCUT2D eigenvalue weighted by atomic mass is 16.6. The van der Waals surface area contributed by atoms with Crippen molar-refractivity contribution in [2.24, 2.45) is 0 Å². The smallest absolute Gasteiger partial charge is 0.408 e. The van der Waals surface area contributed by atoms with Gasteiger partial charge >= 0.3 is 18.0 Å². The number of rotatable bonds is 9. The number of aromatic nitrogens is 1. The third-order valence-corrected chi connectivity index (χ3v) is 4.37. The number of ether oxygens (including phenoxy) is 1. The maximum atomic E-state index is 12.7. The Balaban J connectivity index is 2.13. The minimum Gasteiger partial charge on any atom is -0.481 e. The number of alkyl carbamates (subject to hydrolysis) is 1. The molecule has 10 nitrogen and oxygen atoms in total. The number of para-hydroxylation sites is 1. The lowest BCUT2D eigenvalue weighted by Gasteiger charge is -2.24. The first kappa shape index (κ1) is 23.7. The molecule has 1 aromatic heterocycles. The average Bonchev–Trinajstić information content (AvgIpc) is 3.05. The van der Waals surface area contributed by atoms with Crippen LogP contribution in [0.5, 0.6) is 0 Å². The molecule has 0 radical (unpaired) electrons. The number of nitrogens with one attached hydrogen (secondary N) is 3. The molecule has 2 aromatic rings. The van der Waals surface area contributed by atoms with E-state index in [1.165, 1.54) is 0 Å². The van der Waals surface area contributed by atoms with Crippen LogP contribution in [0.2, 0.25) is 0 Å². The zero-order valence-corrected chi connectivity index (χ0v) is 17.6. The number of hydrogen-bond donors (Lipinski definition) is 5. The van der Waals surface area contributed by atoms with Crippen LogP contribution in [0.25, 0.3) is 10.9 Å². The Morgan fingerprint density at radius 3 is 2.35 bits per heavy atom. The van der Waals surface area contributed by atoms with Crippen LogP contribution in [0, 0.1) is 0 Å². The number of carbonyl (C=O) groups is 4. The van der Waals surface area contributed by atoms with Crippen LogP contribution in [-0.4, -0.2) is 56.8 Å². The zero-order chi connectivity index (χ0) is 23.2. The monoisotopic (exact) mass is 433 g/mol. The molecule has 0 spiro atoms. The summed E-state index contributed by atoms with van der Waals surface area (Å²) in [4.78, 5) is 50.5. The van der Waals surface area contributed by atoms with Crippen molar-refractivity contribution in [1.29, 1.82) is 0 Å². The molecule has 0 bridgehead atoms. The van der Waals surface area contributed by atoms with Crippen molar-refractivity contribution < 1.29 is 34.1 Å². The first-order valence-corrected chi connectivity index (χ1v) is 9.75. The Morgan fingerprint density at radius 1 is 1.06 bits per heavy atom. The van der Waals surface area contributed by atoms with E-state index in [-0.39, 0.29) is 12.8 Å². The third kappa shape index (κ3) is 7.32. The summed E-state index contributed by atoms with van der Waals surface area (Å²) in [6.07, 6.45) is 0.159. The van der Waals surface area contributed by atoms with Crippen LogP contribution in [0.15, 0.2) is 30.5 Å². The van der Waals surface area contributed by atoms with Crippen LogP contribution in [0.3, 0.4) is 0 Å². The second-order valence-corrected chi connectivity index (χ2v) is 8.09. The molecule has 31 heavy (non-hydrogen) atoms. The van der Waals surface area contributed by atoms with E-state index in [0.717, 1.165) is 10.9 Å². The van der Waals surface area contributed by atoms with Crippen molar-refractivity contribution in [2.75, 3.05) is 0 Å². The molecule has 1 aromatic carbocycles. The number of carbonyl (C=O) groups excluding carboxylic acids is 2. The molecular weight excluding hydrogens is 406 g/mol. The number of fused-ring (bicyclic) bond motifs is 1. The van der Waals surface area contributed by atoms with Crippen LogP contribution in [0.4, 0.5) is 4.79 Å². The lowest BCUT2D eigenvalue weighted by Crippen LogP contribution is -2.53. The van der Waals surface area contributed by atoms with Gasteiger partial charge in [-0.25, -0.2) is 9.59 Å². The molecule has 2 unspecified atom stereocenters. The predicted octanol–water partition coefficient (Wildman–Crippen LogP) is 2.04. The number of amides is 2. The number of carboxylic acid groups (broad SMARTS) is 2. The van der Waals surface area contributed by atoms with Gasteiger partial charge in [-0.05, 0) is 38.8 Å². The number of hydrogen-bond acceptors (Lipinski definition) is 5. The number of aromatic amines is 1. The van der Waals surface area contributed by atoms with Crippen LogP contribution < -0.4 is 10.6 Å². The molecule has 0 aliphatic rings. The van der Waals surface area contributed by atoms with E-state index >= 15 is 0 Å². The van der Waals surface area contributed by atoms with Gasteiger partial charge in [0.15, 0.2) is 0 Å². The highest BCUT2D eigenvalue weighted by Gasteiger charge is 2.29. The molecule has 5 N–H and O–H groups in total. The second-order valence-electron chi connectivity index (χ2n) is 8.09. The summed E-state index contributed by atoms with van der Waals surface area (Å²) in [5.41, 5.74) is 0.709. The summed E-state index contributed by atoms with van der Waals surface area (Å²) < 4.78 is 5.11. The lowest BCUT2D eigenvalue weighted by atomic mass is 10.0. The van der Waals surface area contributed by atoms with E-state index in [9.17, 15) is 24.3 Å². The highest BCUT2D eigenvalue weighted by molar-refractivity contribution is 5.90. The van der Waals surface area contributed by atoms with E-state index in [2.05, 4.69) is 15.6 Å². The van der Waals surface area contributed by atoms with Gasteiger partial charge in [-0.15, -0.1) is 0 Å². The van der Waals surface area contributed by atoms with Crippen molar-refractivity contribution in [3.63, 3.8) is 0 Å². The lowest BCUT2D eigenvalue weighted by molar-refractivity contribution is -0.142. The van der Waals surface area contributed by atoms with Gasteiger partial charge in [0.1, 0.15) is 17.7 Å². The Labute approximate surface area is 179 Å². The predicted molar refractivity (Wildman–Crippen MR) is 112 cm³/mol. The Kier molecular flexibility index (Phi) is 7.62. The number of carboxylic acids is 2. The average molecular weight is 433 g/mol. The SMILES string of the molecule is CC(C)(C)OC(=O)NC(CCC(=O)O)C(=O)NC(Cc1c[nH]c2ccccc12)C(=O)O. The molecule has 1 heterocycles. The minimum atomic E-state index is -1.28. The topological polar surface area (TPSA) is 158 Å². The van der Waals surface area contributed by atoms with Crippen molar-refractivity contribution >= 4 is 34.8 Å². The molecule has 0 aliphatic heterocycles. The minimum absolute atomic E-state index is 0.00315. The molecular formula is C21H27N3O7. The summed E-state index contributed by atoms with van der Waals surface area (Å²) in [5.74, 6) is -3.22. The van der Waals surface area contributed by atoms with E-state index in [0.29, 0.717) is 5.56 Å². The van der Waals surface area contributed by atoms with Crippen LogP contribution >= 0.6 is 0 Å². The first-order valence-electron chi connectivity index (χ1n) is 9.75. The van der Waals surface area contributed by atoms with Crippen LogP contribution in [0.1, 0.15) is 39.2 Å². The molecule has 2 atom stereocenters. The molecule has 2 amide bonds. The fraction of sp³-hybridized carbons (Fsp3) is 0.429. The fourth-order valence-electron chi connectivity index (χ4n) is 2.98. The molecule has 0 saturated heterocycles. The number of aliphatic carboxylic acids is 2. The van der Waals surface area contributed by atoms with Crippen molar-refractivity contribution in [3.05, 3.63) is 36.0 Å². The van der Waals surface area contributed by atoms with Gasteiger partial charge in [-0.3, -0.25) is 9.59 Å². The van der Waals surface area contributed by atoms with Gasteiger partial charge in [-0.2, -0.15) is 0 Å². The molecule has 0 aliphatic carbocycles. The summed E-state index contributed by atoms with van der Waals surface area (Å²) in [7, 11) is 0. The van der Waals surface area contributed by atoms with E-state index in [4.69, 9.17) is 9.84 Å². The van der Waals surface area contributed by atoms with Gasteiger partial charge < -0.3 is 30.6 Å². The zero-order valence-electron chi connectivity index (χ0n) is 17.6. The largest absolute Gasteiger partial charge is 0.481 e. The Morgan fingerprint density at radius 2 is 1.74 bits per heavy atom. The van der Waals surface area contributed by atoms with E-state index < -0.39 is 48.0 Å². The second kappa shape index (κ2) is 9.96. The molecule has 0 saturated carbocycles. The van der Waals surface area contributed by atoms with E-state index in [1.807, 2.05) is 24.3 Å². The third-order valence-electron chi connectivity index (χ3n) is 4.37. The maximum Gasteiger partial charge on any atom is 0.408 e. The van der Waals surface area contributed by atoms with Crippen molar-refractivity contribution in [3.8, 4) is 0 Å². The van der Waals surface area contributed by atoms with Crippen molar-refractivity contribution in [2.45, 2.75) is 57.7 Å². The fourth-order valence-corrected chi connectivity index (χ4v) is 2.98. The normalized spacial score (nSPS) is 13.3. The van der Waals surface area contributed by atoms with Gasteiger partial charge in [0, 0.05) is 29.9 Å². The molecule has 10 heteroatoms. The number of benzene rings is 1. The summed E-state index contributed by atoms with van der Waals surface area (Å²) >= 11 is 0. The first-order chi connectivity index (χ1) is 14.5. The Bertz CT molecular complexity index is 961. The van der Waals surface area contributed by atoms with Crippen molar-refractivity contribution in [1.82, 2.24) is 15.6 Å². The summed E-state index contributed by atoms with van der Waals surface area (Å²) in [6.45, 7) is 4.92. The molecule has 0 fully saturated rings. The Hall–Kier alpha value is -3.56. The summed E-state index contributed by atoms with van der Waals surface area (Å²) in [5, 5.41) is 24.1. The van der Waals surface area contributed by atoms with Gasteiger partial charge in [0.25, 0.3) is 0 Å². The maximum absolute atomic E-state index is 12.7. The standard InChI is InChI=1S/C21H27N3O7/c1-21(2,3)31-20(30)24-15(8-9-17(25)26)18(27)23-16(19(28)29)10-12-11-22-14-7-5-4-6-13(12)14/h4-7,11,15-16,22H,8-10H2,1-3H3,(H,23,27)(H,24,30)(H,25,26)(H,28,29). The van der Waals surface area contributed by atoms with Gasteiger partial charge in [0.2, 0.25) is 5.91 Å².